The van der Waals surface area contributed by atoms with Crippen LogP contribution in [0, 0.1) is 0 Å². The highest BCUT2D eigenvalue weighted by atomic mass is 16.5. The average molecular weight is 315 g/mol. The predicted molar refractivity (Wildman–Crippen MR) is 95.2 cm³/mol. The minimum absolute atomic E-state index is 0.0114. The molecule has 0 bridgehead atoms. The van der Waals surface area contributed by atoms with Crippen LogP contribution in [0.25, 0.3) is 0 Å². The first-order valence-electron chi connectivity index (χ1n) is 7.62. The largest absolute Gasteiger partial charge is 0.493 e. The summed E-state index contributed by atoms with van der Waals surface area (Å²) in [5.74, 6) is 0.866. The van der Waals surface area contributed by atoms with E-state index in [1.165, 1.54) is 0 Å². The monoisotopic (exact) mass is 315 g/mol. The molecule has 1 atom stereocenters. The highest BCUT2D eigenvalue weighted by Crippen LogP contribution is 2.34. The molecule has 0 fully saturated rings. The van der Waals surface area contributed by atoms with Crippen molar-refractivity contribution >= 4 is 11.5 Å². The summed E-state index contributed by atoms with van der Waals surface area (Å²) >= 11 is 0. The van der Waals surface area contributed by atoms with Gasteiger partial charge in [0.1, 0.15) is 0 Å². The first-order valence-corrected chi connectivity index (χ1v) is 7.62. The Hall–Kier alpha value is -2.49. The maximum atomic E-state index is 12.7. The molecule has 0 aliphatic carbocycles. The van der Waals surface area contributed by atoms with Crippen molar-refractivity contribution in [2.45, 2.75) is 33.3 Å². The Balaban J connectivity index is 3.30. The normalized spacial score (nSPS) is 13.0. The van der Waals surface area contributed by atoms with Crippen molar-refractivity contribution in [2.75, 3.05) is 12.8 Å². The number of nitrogen functional groups attached to an aromatic ring is 1. The van der Waals surface area contributed by atoms with Crippen LogP contribution >= 0.6 is 0 Å². The van der Waals surface area contributed by atoms with Crippen LogP contribution in [0.2, 0.25) is 0 Å². The number of rotatable bonds is 8. The van der Waals surface area contributed by atoms with Gasteiger partial charge in [-0.25, -0.2) is 0 Å². The molecule has 0 radical (unpaired) electrons. The van der Waals surface area contributed by atoms with Gasteiger partial charge in [0.15, 0.2) is 17.3 Å². The number of anilines is 1. The number of carbonyl (C=O) groups excluding carboxylic acids is 1. The smallest absolute Gasteiger partial charge is 0.194 e. The summed E-state index contributed by atoms with van der Waals surface area (Å²) in [6.07, 6.45) is 7.63. The molecule has 0 heterocycles. The second kappa shape index (κ2) is 8.83. The van der Waals surface area contributed by atoms with Gasteiger partial charge in [-0.2, -0.15) is 0 Å². The Labute approximate surface area is 138 Å². The number of hydrogen-bond acceptors (Lipinski definition) is 4. The van der Waals surface area contributed by atoms with Crippen molar-refractivity contribution in [3.05, 3.63) is 54.2 Å². The number of ketones is 1. The van der Waals surface area contributed by atoms with Crippen molar-refractivity contribution in [2.24, 2.45) is 0 Å². The molecule has 124 valence electrons. The molecule has 0 spiro atoms. The molecule has 23 heavy (non-hydrogen) atoms. The first-order chi connectivity index (χ1) is 11.0. The number of hydrogen-bond donors (Lipinski definition) is 1. The lowest BCUT2D eigenvalue weighted by atomic mass is 10.0. The minimum atomic E-state index is -0.167. The second-order valence-corrected chi connectivity index (χ2v) is 5.09. The van der Waals surface area contributed by atoms with Crippen LogP contribution in [0.15, 0.2) is 48.6 Å². The summed E-state index contributed by atoms with van der Waals surface area (Å²) in [5, 5.41) is 0. The van der Waals surface area contributed by atoms with Crippen LogP contribution in [-0.2, 0) is 0 Å². The van der Waals surface area contributed by atoms with Crippen LogP contribution in [0.3, 0.4) is 0 Å². The molecule has 1 unspecified atom stereocenters. The maximum Gasteiger partial charge on any atom is 0.194 e. The van der Waals surface area contributed by atoms with E-state index in [-0.39, 0.29) is 11.9 Å². The summed E-state index contributed by atoms with van der Waals surface area (Å²) < 4.78 is 11.1. The van der Waals surface area contributed by atoms with Crippen molar-refractivity contribution in [3.63, 3.8) is 0 Å². The number of Topliss-reactive ketones (excluding diaryl/α,β-unsaturated/α-hetero) is 1. The molecule has 2 N–H and O–H groups in total. The number of ether oxygens (including phenoxy) is 2. The number of allylic oxidation sites excluding steroid dienone is 5. The molecule has 0 aromatic heterocycles. The minimum Gasteiger partial charge on any atom is -0.493 e. The van der Waals surface area contributed by atoms with Crippen molar-refractivity contribution in [1.82, 2.24) is 0 Å². The van der Waals surface area contributed by atoms with Gasteiger partial charge in [-0.3, -0.25) is 4.79 Å². The van der Waals surface area contributed by atoms with E-state index in [0.717, 1.165) is 6.42 Å². The fraction of sp³-hybridized carbons (Fsp3) is 0.316. The summed E-state index contributed by atoms with van der Waals surface area (Å²) in [5.41, 5.74) is 7.31. The van der Waals surface area contributed by atoms with Gasteiger partial charge < -0.3 is 15.2 Å². The van der Waals surface area contributed by atoms with Crippen LogP contribution in [0.5, 0.6) is 11.5 Å². The Kier molecular flexibility index (Phi) is 7.13. The zero-order chi connectivity index (χ0) is 17.4. The Bertz CT molecular complexity index is 630. The molecular weight excluding hydrogens is 290 g/mol. The van der Waals surface area contributed by atoms with Crippen LogP contribution in [-0.4, -0.2) is 19.0 Å². The zero-order valence-electron chi connectivity index (χ0n) is 14.3. The number of benzene rings is 1. The third kappa shape index (κ3) is 4.74. The Morgan fingerprint density at radius 3 is 2.61 bits per heavy atom. The van der Waals surface area contributed by atoms with Gasteiger partial charge in [0, 0.05) is 22.9 Å². The molecule has 0 aliphatic rings. The SMILES string of the molecule is C=CC=CC(=CC)C(=O)c1cc(OC(C)CC)c(OC)cc1N. The first kappa shape index (κ1) is 18.6. The van der Waals surface area contributed by atoms with Gasteiger partial charge in [0.05, 0.1) is 13.2 Å². The molecule has 0 saturated heterocycles. The zero-order valence-corrected chi connectivity index (χ0v) is 14.3. The van der Waals surface area contributed by atoms with Gasteiger partial charge >= 0.3 is 0 Å². The molecule has 0 saturated carbocycles. The molecule has 4 nitrogen and oxygen atoms in total. The summed E-state index contributed by atoms with van der Waals surface area (Å²) in [7, 11) is 1.55. The van der Waals surface area contributed by atoms with E-state index >= 15 is 0 Å². The van der Waals surface area contributed by atoms with E-state index in [0.29, 0.717) is 28.3 Å². The molecule has 0 aliphatic heterocycles. The van der Waals surface area contributed by atoms with E-state index in [2.05, 4.69) is 6.58 Å². The lowest BCUT2D eigenvalue weighted by Crippen LogP contribution is -2.12. The lowest BCUT2D eigenvalue weighted by molar-refractivity contribution is 0.103. The van der Waals surface area contributed by atoms with Crippen LogP contribution in [0.1, 0.15) is 37.6 Å². The van der Waals surface area contributed by atoms with Crippen LogP contribution in [0.4, 0.5) is 5.69 Å². The van der Waals surface area contributed by atoms with Gasteiger partial charge in [0.25, 0.3) is 0 Å². The fourth-order valence-corrected chi connectivity index (χ4v) is 1.95. The predicted octanol–water partition coefficient (Wildman–Crippen LogP) is 4.33. The molecule has 4 heteroatoms. The van der Waals surface area contributed by atoms with Gasteiger partial charge in [-0.15, -0.1) is 0 Å². The highest BCUT2D eigenvalue weighted by Gasteiger charge is 2.18. The summed E-state index contributed by atoms with van der Waals surface area (Å²) in [6.45, 7) is 9.40. The molecule has 1 rings (SSSR count). The fourth-order valence-electron chi connectivity index (χ4n) is 1.95. The molecular formula is C19H25NO3. The van der Waals surface area contributed by atoms with Gasteiger partial charge in [-0.05, 0) is 26.3 Å². The van der Waals surface area contributed by atoms with E-state index in [9.17, 15) is 4.79 Å². The summed E-state index contributed by atoms with van der Waals surface area (Å²) in [6, 6.07) is 3.27. The maximum absolute atomic E-state index is 12.7. The average Bonchev–Trinajstić information content (AvgIpc) is 2.56. The van der Waals surface area contributed by atoms with Gasteiger partial charge in [-0.1, -0.05) is 37.8 Å². The number of nitrogens with two attached hydrogens (primary N) is 1. The standard InChI is InChI=1S/C19H25NO3/c1-6-9-10-14(8-3)19(21)15-11-18(23-13(4)7-2)17(22-5)12-16(15)20/h6,8-13H,1,7,20H2,2-5H3. The third-order valence-electron chi connectivity index (χ3n) is 3.47. The van der Waals surface area contributed by atoms with Crippen molar-refractivity contribution in [3.8, 4) is 11.5 Å². The van der Waals surface area contributed by atoms with Gasteiger partial charge in [0.2, 0.25) is 0 Å². The summed E-state index contributed by atoms with van der Waals surface area (Å²) in [4.78, 5) is 12.7. The van der Waals surface area contributed by atoms with E-state index in [1.807, 2.05) is 13.8 Å². The molecule has 1 aromatic rings. The lowest BCUT2D eigenvalue weighted by Gasteiger charge is -2.17. The number of methoxy groups -OCH3 is 1. The Morgan fingerprint density at radius 1 is 1.39 bits per heavy atom. The third-order valence-corrected chi connectivity index (χ3v) is 3.47. The molecule has 0 amide bonds. The Morgan fingerprint density at radius 2 is 2.09 bits per heavy atom. The van der Waals surface area contributed by atoms with Crippen molar-refractivity contribution < 1.29 is 14.3 Å². The van der Waals surface area contributed by atoms with E-state index < -0.39 is 0 Å². The van der Waals surface area contributed by atoms with Crippen LogP contribution < -0.4 is 15.2 Å². The number of carbonyl (C=O) groups is 1. The quantitative estimate of drug-likeness (QED) is 0.336. The highest BCUT2D eigenvalue weighted by molar-refractivity contribution is 6.13. The second-order valence-electron chi connectivity index (χ2n) is 5.09. The topological polar surface area (TPSA) is 61.5 Å². The molecule has 1 aromatic carbocycles. The van der Waals surface area contributed by atoms with E-state index in [1.54, 1.807) is 50.5 Å². The van der Waals surface area contributed by atoms with Crippen molar-refractivity contribution in [1.29, 1.82) is 0 Å². The van der Waals surface area contributed by atoms with E-state index in [4.69, 9.17) is 15.2 Å².